The maximum atomic E-state index is 12.7. The first-order chi connectivity index (χ1) is 13.0. The van der Waals surface area contributed by atoms with Crippen LogP contribution < -0.4 is 0 Å². The Labute approximate surface area is 160 Å². The average Bonchev–Trinajstić information content (AvgIpc) is 3.16. The normalized spacial score (nSPS) is 23.7. The van der Waals surface area contributed by atoms with E-state index in [0.717, 1.165) is 12.0 Å². The fourth-order valence-corrected chi connectivity index (χ4v) is 4.27. The number of rotatable bonds is 4. The molecule has 2 atom stereocenters. The van der Waals surface area contributed by atoms with E-state index in [1.807, 2.05) is 32.0 Å². The molecule has 0 saturated carbocycles. The smallest absolute Gasteiger partial charge is 0.337 e. The topological polar surface area (TPSA) is 35.5 Å². The van der Waals surface area contributed by atoms with Crippen LogP contribution in [0.15, 0.2) is 72.0 Å². The van der Waals surface area contributed by atoms with E-state index in [0.29, 0.717) is 17.9 Å². The quantitative estimate of drug-likeness (QED) is 0.707. The van der Waals surface area contributed by atoms with Gasteiger partial charge in [-0.2, -0.15) is 0 Å². The second-order valence-corrected chi connectivity index (χ2v) is 7.24. The van der Waals surface area contributed by atoms with Crippen LogP contribution in [0.4, 0.5) is 0 Å². The Kier molecular flexibility index (Phi) is 4.39. The molecule has 4 rings (SSSR count). The highest BCUT2D eigenvalue weighted by Gasteiger charge is 2.54. The Bertz CT molecular complexity index is 922. The number of allylic oxidation sites excluding steroid dienone is 2. The summed E-state index contributed by atoms with van der Waals surface area (Å²) in [7, 11) is 0. The zero-order valence-electron chi connectivity index (χ0n) is 16.0. The van der Waals surface area contributed by atoms with Gasteiger partial charge in [0.2, 0.25) is 0 Å². The summed E-state index contributed by atoms with van der Waals surface area (Å²) in [6.45, 7) is 6.14. The van der Waals surface area contributed by atoms with Gasteiger partial charge in [0.05, 0.1) is 12.2 Å². The molecule has 27 heavy (non-hydrogen) atoms. The van der Waals surface area contributed by atoms with Gasteiger partial charge >= 0.3 is 5.97 Å². The van der Waals surface area contributed by atoms with Crippen LogP contribution in [-0.4, -0.2) is 12.6 Å². The summed E-state index contributed by atoms with van der Waals surface area (Å²) in [5.74, 6) is 0.327. The molecule has 0 radical (unpaired) electrons. The van der Waals surface area contributed by atoms with E-state index < -0.39 is 5.60 Å². The summed E-state index contributed by atoms with van der Waals surface area (Å²) in [5.41, 5.74) is 4.66. The zero-order valence-corrected chi connectivity index (χ0v) is 16.0. The van der Waals surface area contributed by atoms with E-state index >= 15 is 0 Å². The second kappa shape index (κ2) is 6.73. The summed E-state index contributed by atoms with van der Waals surface area (Å²) in [5, 5.41) is 0. The number of hydrogen-bond acceptors (Lipinski definition) is 3. The molecule has 2 aromatic rings. The summed E-state index contributed by atoms with van der Waals surface area (Å²) in [6, 6.07) is 18.7. The van der Waals surface area contributed by atoms with Crippen molar-refractivity contribution in [3.8, 4) is 0 Å². The molecule has 0 fully saturated rings. The number of carbonyl (C=O) groups excluding carboxylic acids is 1. The first-order valence-corrected chi connectivity index (χ1v) is 9.46. The molecule has 3 nitrogen and oxygen atoms in total. The molecule has 0 spiro atoms. The predicted octanol–water partition coefficient (Wildman–Crippen LogP) is 5.16. The molecule has 1 heterocycles. The van der Waals surface area contributed by atoms with Gasteiger partial charge in [0, 0.05) is 5.92 Å². The van der Waals surface area contributed by atoms with Crippen LogP contribution in [0.25, 0.3) is 5.57 Å². The lowest BCUT2D eigenvalue weighted by Gasteiger charge is -2.29. The lowest BCUT2D eigenvalue weighted by molar-refractivity contribution is -0.139. The van der Waals surface area contributed by atoms with E-state index in [1.54, 1.807) is 0 Å². The Balaban J connectivity index is 1.82. The van der Waals surface area contributed by atoms with Gasteiger partial charge in [0.25, 0.3) is 0 Å². The second-order valence-electron chi connectivity index (χ2n) is 7.24. The fourth-order valence-electron chi connectivity index (χ4n) is 4.27. The highest BCUT2D eigenvalue weighted by atomic mass is 16.5. The Hall–Kier alpha value is -2.81. The number of esters is 1. The minimum atomic E-state index is -0.648. The van der Waals surface area contributed by atoms with Gasteiger partial charge in [0.1, 0.15) is 5.76 Å². The van der Waals surface area contributed by atoms with Gasteiger partial charge in [-0.3, -0.25) is 0 Å². The van der Waals surface area contributed by atoms with E-state index in [-0.39, 0.29) is 11.9 Å². The molecule has 138 valence electrons. The highest BCUT2D eigenvalue weighted by Crippen LogP contribution is 2.56. The van der Waals surface area contributed by atoms with Gasteiger partial charge in [-0.15, -0.1) is 0 Å². The highest BCUT2D eigenvalue weighted by molar-refractivity contribution is 5.92. The summed E-state index contributed by atoms with van der Waals surface area (Å²) in [4.78, 5) is 12.7. The third-order valence-electron chi connectivity index (χ3n) is 5.52. The van der Waals surface area contributed by atoms with Gasteiger partial charge in [-0.25, -0.2) is 4.79 Å². The molecule has 0 saturated heterocycles. The van der Waals surface area contributed by atoms with Gasteiger partial charge < -0.3 is 9.47 Å². The molecule has 1 aliphatic heterocycles. The van der Waals surface area contributed by atoms with Crippen LogP contribution in [0.1, 0.15) is 37.0 Å². The van der Waals surface area contributed by atoms with Crippen LogP contribution in [-0.2, 0) is 19.9 Å². The van der Waals surface area contributed by atoms with Gasteiger partial charge in [0.15, 0.2) is 5.60 Å². The number of hydrogen-bond donors (Lipinski definition) is 0. The number of carbonyl (C=O) groups is 1. The summed E-state index contributed by atoms with van der Waals surface area (Å²) in [6.07, 6.45) is 2.96. The SMILES string of the molecule is CCOC(=O)C1=C(C)O[C@@]2(c3ccc(C)cc3)C=C(c3ccccc3)C[C@@H]12. The fraction of sp³-hybridized carbons (Fsp3) is 0.292. The van der Waals surface area contributed by atoms with Crippen molar-refractivity contribution in [2.45, 2.75) is 32.8 Å². The van der Waals surface area contributed by atoms with Crippen LogP contribution >= 0.6 is 0 Å². The van der Waals surface area contributed by atoms with Crippen molar-refractivity contribution in [1.82, 2.24) is 0 Å². The van der Waals surface area contributed by atoms with Gasteiger partial charge in [-0.1, -0.05) is 60.2 Å². The Morgan fingerprint density at radius 3 is 2.48 bits per heavy atom. The molecular weight excluding hydrogens is 336 g/mol. The van der Waals surface area contributed by atoms with Crippen molar-refractivity contribution in [1.29, 1.82) is 0 Å². The lowest BCUT2D eigenvalue weighted by atomic mass is 9.80. The van der Waals surface area contributed by atoms with Crippen molar-refractivity contribution in [2.24, 2.45) is 5.92 Å². The molecule has 3 heteroatoms. The van der Waals surface area contributed by atoms with E-state index in [1.165, 1.54) is 16.7 Å². The Morgan fingerprint density at radius 2 is 1.81 bits per heavy atom. The standard InChI is InChI=1S/C24H24O3/c1-4-26-23(25)22-17(3)27-24(20-12-10-16(2)11-13-20)15-19(14-21(22)24)18-8-6-5-7-9-18/h5-13,15,21H,4,14H2,1-3H3/t21-,24+/m0/s1. The van der Waals surface area contributed by atoms with Crippen molar-refractivity contribution in [3.05, 3.63) is 88.7 Å². The maximum Gasteiger partial charge on any atom is 0.337 e. The molecule has 2 aliphatic rings. The molecule has 0 unspecified atom stereocenters. The monoisotopic (exact) mass is 360 g/mol. The largest absolute Gasteiger partial charge is 0.482 e. The summed E-state index contributed by atoms with van der Waals surface area (Å²) < 4.78 is 11.8. The van der Waals surface area contributed by atoms with Gasteiger partial charge in [-0.05, 0) is 50.0 Å². The minimum absolute atomic E-state index is 0.0746. The average molecular weight is 360 g/mol. The molecule has 0 aromatic heterocycles. The first-order valence-electron chi connectivity index (χ1n) is 9.46. The van der Waals surface area contributed by atoms with E-state index in [9.17, 15) is 4.79 Å². The van der Waals surface area contributed by atoms with E-state index in [4.69, 9.17) is 9.47 Å². The molecule has 0 bridgehead atoms. The third-order valence-corrected chi connectivity index (χ3v) is 5.52. The predicted molar refractivity (Wildman–Crippen MR) is 106 cm³/mol. The van der Waals surface area contributed by atoms with Crippen LogP contribution in [0.5, 0.6) is 0 Å². The first kappa shape index (κ1) is 17.6. The van der Waals surface area contributed by atoms with Crippen molar-refractivity contribution < 1.29 is 14.3 Å². The number of ether oxygens (including phenoxy) is 2. The zero-order chi connectivity index (χ0) is 19.0. The lowest BCUT2D eigenvalue weighted by Crippen LogP contribution is -2.30. The minimum Gasteiger partial charge on any atom is -0.482 e. The molecule has 0 amide bonds. The third kappa shape index (κ3) is 2.87. The number of fused-ring (bicyclic) bond motifs is 1. The maximum absolute atomic E-state index is 12.7. The Morgan fingerprint density at radius 1 is 1.11 bits per heavy atom. The molecular formula is C24H24O3. The molecule has 0 N–H and O–H groups in total. The van der Waals surface area contributed by atoms with Crippen molar-refractivity contribution in [3.63, 3.8) is 0 Å². The number of benzene rings is 2. The number of aryl methyl sites for hydroxylation is 1. The summed E-state index contributed by atoms with van der Waals surface area (Å²) >= 11 is 0. The van der Waals surface area contributed by atoms with Crippen LogP contribution in [0, 0.1) is 12.8 Å². The van der Waals surface area contributed by atoms with E-state index in [2.05, 4.69) is 49.4 Å². The van der Waals surface area contributed by atoms with Crippen LogP contribution in [0.3, 0.4) is 0 Å². The van der Waals surface area contributed by atoms with Crippen molar-refractivity contribution >= 4 is 11.5 Å². The van der Waals surface area contributed by atoms with Crippen LogP contribution in [0.2, 0.25) is 0 Å². The molecule has 2 aromatic carbocycles. The van der Waals surface area contributed by atoms with Crippen molar-refractivity contribution in [2.75, 3.05) is 6.61 Å². The molecule has 1 aliphatic carbocycles.